The molecule has 110 valence electrons. The average Bonchev–Trinajstić information content (AvgIpc) is 2.42. The lowest BCUT2D eigenvalue weighted by atomic mass is 9.98. The number of carbonyl (C=O) groups is 1. The van der Waals surface area contributed by atoms with Gasteiger partial charge < -0.3 is 9.64 Å². The van der Waals surface area contributed by atoms with Crippen LogP contribution in [0.15, 0.2) is 12.1 Å². The summed E-state index contributed by atoms with van der Waals surface area (Å²) in [5.74, 6) is 1.67. The van der Waals surface area contributed by atoms with Crippen molar-refractivity contribution in [2.75, 3.05) is 20.2 Å². The maximum absolute atomic E-state index is 12.4. The van der Waals surface area contributed by atoms with E-state index in [1.54, 1.807) is 7.11 Å². The number of likely N-dealkylation sites (tertiary alicyclic amines) is 1. The van der Waals surface area contributed by atoms with Crippen molar-refractivity contribution in [3.8, 4) is 5.75 Å². The van der Waals surface area contributed by atoms with Gasteiger partial charge in [0.2, 0.25) is 5.91 Å². The topological polar surface area (TPSA) is 29.5 Å². The molecule has 0 aliphatic carbocycles. The number of piperidine rings is 1. The zero-order valence-corrected chi connectivity index (χ0v) is 13.0. The van der Waals surface area contributed by atoms with E-state index in [1.807, 2.05) is 11.0 Å². The number of hydrogen-bond donors (Lipinski definition) is 0. The third-order valence-corrected chi connectivity index (χ3v) is 4.25. The molecule has 1 amide bonds. The van der Waals surface area contributed by atoms with Gasteiger partial charge in [-0.25, -0.2) is 0 Å². The van der Waals surface area contributed by atoms with Gasteiger partial charge in [-0.2, -0.15) is 0 Å². The molecule has 0 saturated carbocycles. The predicted octanol–water partition coefficient (Wildman–Crippen LogP) is 3.11. The van der Waals surface area contributed by atoms with Crippen LogP contribution in [0.2, 0.25) is 0 Å². The van der Waals surface area contributed by atoms with Crippen LogP contribution in [0.4, 0.5) is 0 Å². The van der Waals surface area contributed by atoms with Gasteiger partial charge in [0, 0.05) is 18.7 Å². The van der Waals surface area contributed by atoms with E-state index in [-0.39, 0.29) is 5.91 Å². The van der Waals surface area contributed by atoms with Crippen LogP contribution in [-0.4, -0.2) is 31.0 Å². The van der Waals surface area contributed by atoms with Crippen molar-refractivity contribution in [2.24, 2.45) is 5.92 Å². The largest absolute Gasteiger partial charge is 0.496 e. The minimum Gasteiger partial charge on any atom is -0.496 e. The Kier molecular flexibility index (Phi) is 4.69. The Bertz CT molecular complexity index is 496. The number of nitrogens with zero attached hydrogens (tertiary/aromatic N) is 1. The third-order valence-electron chi connectivity index (χ3n) is 4.25. The monoisotopic (exact) mass is 275 g/mol. The molecule has 1 atom stereocenters. The Morgan fingerprint density at radius 3 is 2.70 bits per heavy atom. The zero-order chi connectivity index (χ0) is 14.7. The normalized spacial score (nSPS) is 19.0. The molecule has 1 heterocycles. The summed E-state index contributed by atoms with van der Waals surface area (Å²) in [4.78, 5) is 14.5. The van der Waals surface area contributed by atoms with E-state index in [9.17, 15) is 4.79 Å². The summed E-state index contributed by atoms with van der Waals surface area (Å²) in [6.45, 7) is 8.15. The minimum atomic E-state index is 0.220. The second-order valence-corrected chi connectivity index (χ2v) is 6.01. The number of benzene rings is 1. The van der Waals surface area contributed by atoms with Gasteiger partial charge in [0.05, 0.1) is 13.5 Å². The summed E-state index contributed by atoms with van der Waals surface area (Å²) >= 11 is 0. The van der Waals surface area contributed by atoms with E-state index < -0.39 is 0 Å². The molecule has 1 aliphatic heterocycles. The van der Waals surface area contributed by atoms with Crippen molar-refractivity contribution >= 4 is 5.91 Å². The number of aryl methyl sites for hydroxylation is 2. The molecule has 0 spiro atoms. The molecule has 3 heteroatoms. The van der Waals surface area contributed by atoms with Crippen LogP contribution in [0.3, 0.4) is 0 Å². The van der Waals surface area contributed by atoms with Crippen LogP contribution in [0, 0.1) is 19.8 Å². The van der Waals surface area contributed by atoms with Crippen LogP contribution in [-0.2, 0) is 11.2 Å². The fraction of sp³-hybridized carbons (Fsp3) is 0.588. The molecule has 0 N–H and O–H groups in total. The van der Waals surface area contributed by atoms with Gasteiger partial charge in [0.25, 0.3) is 0 Å². The molecule has 1 saturated heterocycles. The van der Waals surface area contributed by atoms with Crippen LogP contribution < -0.4 is 4.74 Å². The van der Waals surface area contributed by atoms with E-state index in [1.165, 1.54) is 17.5 Å². The number of hydrogen-bond acceptors (Lipinski definition) is 2. The van der Waals surface area contributed by atoms with Gasteiger partial charge in [0.15, 0.2) is 0 Å². The maximum atomic E-state index is 12.4. The number of rotatable bonds is 3. The molecule has 0 radical (unpaired) electrons. The fourth-order valence-corrected chi connectivity index (χ4v) is 2.87. The molecule has 0 aromatic heterocycles. The molecule has 0 bridgehead atoms. The molecule has 1 unspecified atom stereocenters. The van der Waals surface area contributed by atoms with Crippen LogP contribution >= 0.6 is 0 Å². The summed E-state index contributed by atoms with van der Waals surface area (Å²) in [5.41, 5.74) is 3.41. The Morgan fingerprint density at radius 2 is 2.05 bits per heavy atom. The first-order valence-corrected chi connectivity index (χ1v) is 7.43. The molecule has 1 aliphatic rings. The molecule has 3 nitrogen and oxygen atoms in total. The average molecular weight is 275 g/mol. The highest BCUT2D eigenvalue weighted by molar-refractivity contribution is 5.79. The molecule has 2 rings (SSSR count). The van der Waals surface area contributed by atoms with Gasteiger partial charge in [-0.05, 0) is 49.8 Å². The Labute approximate surface area is 121 Å². The van der Waals surface area contributed by atoms with E-state index in [2.05, 4.69) is 26.8 Å². The fourth-order valence-electron chi connectivity index (χ4n) is 2.87. The van der Waals surface area contributed by atoms with Crippen molar-refractivity contribution < 1.29 is 9.53 Å². The van der Waals surface area contributed by atoms with Gasteiger partial charge in [-0.1, -0.05) is 13.0 Å². The van der Waals surface area contributed by atoms with Crippen molar-refractivity contribution in [3.05, 3.63) is 28.8 Å². The number of methoxy groups -OCH3 is 1. The SMILES string of the molecule is COc1cc(C)c(C)cc1CC(=O)N1CCCC(C)C1. The standard InChI is InChI=1S/C17H25NO2/c1-12-6-5-7-18(11-12)17(19)10-15-8-13(2)14(3)9-16(15)20-4/h8-9,12H,5-7,10-11H2,1-4H3. The van der Waals surface area contributed by atoms with Gasteiger partial charge in [-0.15, -0.1) is 0 Å². The Balaban J connectivity index is 2.12. The maximum Gasteiger partial charge on any atom is 0.227 e. The number of amides is 1. The summed E-state index contributed by atoms with van der Waals surface area (Å²) in [6.07, 6.45) is 2.80. The van der Waals surface area contributed by atoms with Crippen molar-refractivity contribution in [1.29, 1.82) is 0 Å². The first-order chi connectivity index (χ1) is 9.51. The van der Waals surface area contributed by atoms with Gasteiger partial charge in [0.1, 0.15) is 5.75 Å². The summed E-state index contributed by atoms with van der Waals surface area (Å²) < 4.78 is 5.42. The molecule has 1 aromatic carbocycles. The van der Waals surface area contributed by atoms with Crippen molar-refractivity contribution in [2.45, 2.75) is 40.0 Å². The molecular formula is C17H25NO2. The molecular weight excluding hydrogens is 250 g/mol. The van der Waals surface area contributed by atoms with Crippen LogP contribution in [0.25, 0.3) is 0 Å². The van der Waals surface area contributed by atoms with Crippen LogP contribution in [0.5, 0.6) is 5.75 Å². The highest BCUT2D eigenvalue weighted by Gasteiger charge is 2.22. The second-order valence-electron chi connectivity index (χ2n) is 6.01. The lowest BCUT2D eigenvalue weighted by Gasteiger charge is -2.31. The summed E-state index contributed by atoms with van der Waals surface area (Å²) in [5, 5.41) is 0. The smallest absolute Gasteiger partial charge is 0.227 e. The van der Waals surface area contributed by atoms with E-state index >= 15 is 0 Å². The van der Waals surface area contributed by atoms with Crippen molar-refractivity contribution in [1.82, 2.24) is 4.90 Å². The Hall–Kier alpha value is -1.51. The van der Waals surface area contributed by atoms with Gasteiger partial charge in [-0.3, -0.25) is 4.79 Å². The van der Waals surface area contributed by atoms with Crippen molar-refractivity contribution in [3.63, 3.8) is 0 Å². The highest BCUT2D eigenvalue weighted by Crippen LogP contribution is 2.25. The van der Waals surface area contributed by atoms with E-state index in [0.717, 1.165) is 30.8 Å². The lowest BCUT2D eigenvalue weighted by molar-refractivity contribution is -0.132. The third kappa shape index (κ3) is 3.33. The highest BCUT2D eigenvalue weighted by atomic mass is 16.5. The molecule has 1 fully saturated rings. The Morgan fingerprint density at radius 1 is 1.35 bits per heavy atom. The quantitative estimate of drug-likeness (QED) is 0.848. The van der Waals surface area contributed by atoms with Crippen LogP contribution in [0.1, 0.15) is 36.5 Å². The molecule has 20 heavy (non-hydrogen) atoms. The lowest BCUT2D eigenvalue weighted by Crippen LogP contribution is -2.40. The second kappa shape index (κ2) is 6.29. The molecule has 1 aromatic rings. The van der Waals surface area contributed by atoms with Gasteiger partial charge >= 0.3 is 0 Å². The minimum absolute atomic E-state index is 0.220. The van der Waals surface area contributed by atoms with E-state index in [4.69, 9.17) is 4.74 Å². The number of carbonyl (C=O) groups excluding carboxylic acids is 1. The number of ether oxygens (including phenoxy) is 1. The zero-order valence-electron chi connectivity index (χ0n) is 13.0. The predicted molar refractivity (Wildman–Crippen MR) is 81.2 cm³/mol. The first-order valence-electron chi connectivity index (χ1n) is 7.43. The first kappa shape index (κ1) is 14.9. The van der Waals surface area contributed by atoms with E-state index in [0.29, 0.717) is 12.3 Å². The summed E-state index contributed by atoms with van der Waals surface area (Å²) in [6, 6.07) is 4.11. The summed E-state index contributed by atoms with van der Waals surface area (Å²) in [7, 11) is 1.67.